The Labute approximate surface area is 145 Å². The number of hydrogen-bond acceptors (Lipinski definition) is 5. The number of esters is 1. The highest BCUT2D eigenvalue weighted by atomic mass is 35.5. The second kappa shape index (κ2) is 6.65. The molecule has 1 aromatic carbocycles. The normalized spacial score (nSPS) is 17.0. The Balaban J connectivity index is 2.19. The maximum absolute atomic E-state index is 12.7. The van der Waals surface area contributed by atoms with Gasteiger partial charge in [-0.15, -0.1) is 0 Å². The number of ether oxygens (including phenoxy) is 1. The number of anilines is 1. The Kier molecular flexibility index (Phi) is 4.57. The third-order valence-corrected chi connectivity index (χ3v) is 4.36. The SMILES string of the molecule is CCOC(=O)C1=C(C)N(CC)c2ncnn2[C@H]1c1ccc(Cl)cc1. The van der Waals surface area contributed by atoms with E-state index in [0.717, 1.165) is 11.3 Å². The highest BCUT2D eigenvalue weighted by Crippen LogP contribution is 2.38. The summed E-state index contributed by atoms with van der Waals surface area (Å²) in [4.78, 5) is 19.0. The van der Waals surface area contributed by atoms with Crippen LogP contribution in [0.15, 0.2) is 41.9 Å². The molecule has 0 spiro atoms. The fraction of sp³-hybridized carbons (Fsp3) is 0.353. The van der Waals surface area contributed by atoms with Crippen LogP contribution in [0.5, 0.6) is 0 Å². The van der Waals surface area contributed by atoms with Gasteiger partial charge in [-0.05, 0) is 38.5 Å². The number of aromatic nitrogens is 3. The molecule has 0 saturated carbocycles. The number of hydrogen-bond donors (Lipinski definition) is 0. The van der Waals surface area contributed by atoms with Gasteiger partial charge in [0, 0.05) is 17.3 Å². The fourth-order valence-corrected chi connectivity index (χ4v) is 3.16. The third kappa shape index (κ3) is 2.67. The van der Waals surface area contributed by atoms with Crippen LogP contribution in [0, 0.1) is 0 Å². The smallest absolute Gasteiger partial charge is 0.338 e. The topological polar surface area (TPSA) is 60.2 Å². The van der Waals surface area contributed by atoms with Crippen LogP contribution in [0.3, 0.4) is 0 Å². The van der Waals surface area contributed by atoms with Crippen LogP contribution >= 0.6 is 11.6 Å². The van der Waals surface area contributed by atoms with Crippen LogP contribution in [0.25, 0.3) is 0 Å². The molecule has 6 nitrogen and oxygen atoms in total. The highest BCUT2D eigenvalue weighted by molar-refractivity contribution is 6.30. The van der Waals surface area contributed by atoms with Gasteiger partial charge in [0.1, 0.15) is 12.4 Å². The van der Waals surface area contributed by atoms with E-state index in [2.05, 4.69) is 10.1 Å². The highest BCUT2D eigenvalue weighted by Gasteiger charge is 2.37. The summed E-state index contributed by atoms with van der Waals surface area (Å²) in [5.74, 6) is 0.373. The molecule has 126 valence electrons. The number of halogens is 1. The Morgan fingerprint density at radius 1 is 1.29 bits per heavy atom. The summed E-state index contributed by atoms with van der Waals surface area (Å²) in [7, 11) is 0. The van der Waals surface area contributed by atoms with Crippen molar-refractivity contribution in [1.29, 1.82) is 0 Å². The minimum absolute atomic E-state index is 0.319. The molecule has 24 heavy (non-hydrogen) atoms. The number of rotatable bonds is 4. The number of carbonyl (C=O) groups excluding carboxylic acids is 1. The molecular weight excluding hydrogens is 328 g/mol. The summed E-state index contributed by atoms with van der Waals surface area (Å²) in [6.45, 7) is 6.72. The number of allylic oxidation sites excluding steroid dienone is 1. The van der Waals surface area contributed by atoms with E-state index in [1.54, 1.807) is 23.7 Å². The molecule has 1 atom stereocenters. The molecule has 2 heterocycles. The Morgan fingerprint density at radius 3 is 2.62 bits per heavy atom. The first-order valence-corrected chi connectivity index (χ1v) is 8.26. The Morgan fingerprint density at radius 2 is 2.00 bits per heavy atom. The van der Waals surface area contributed by atoms with Crippen LogP contribution < -0.4 is 4.90 Å². The summed E-state index contributed by atoms with van der Waals surface area (Å²) in [6, 6.07) is 7.01. The monoisotopic (exact) mass is 346 g/mol. The van der Waals surface area contributed by atoms with Gasteiger partial charge in [-0.3, -0.25) is 0 Å². The molecular formula is C17H19ClN4O2. The molecule has 1 aliphatic rings. The first-order valence-electron chi connectivity index (χ1n) is 7.88. The molecule has 0 radical (unpaired) electrons. The average molecular weight is 347 g/mol. The Hall–Kier alpha value is -2.34. The summed E-state index contributed by atoms with van der Waals surface area (Å²) < 4.78 is 7.06. The maximum atomic E-state index is 12.7. The van der Waals surface area contributed by atoms with Crippen molar-refractivity contribution in [2.45, 2.75) is 26.8 Å². The molecule has 1 aromatic heterocycles. The minimum atomic E-state index is -0.387. The largest absolute Gasteiger partial charge is 0.463 e. The zero-order chi connectivity index (χ0) is 17.3. The lowest BCUT2D eigenvalue weighted by atomic mass is 9.95. The van der Waals surface area contributed by atoms with Crippen molar-refractivity contribution in [3.63, 3.8) is 0 Å². The van der Waals surface area contributed by atoms with Gasteiger partial charge in [0.25, 0.3) is 0 Å². The van der Waals surface area contributed by atoms with Crippen LogP contribution in [0.2, 0.25) is 5.02 Å². The average Bonchev–Trinajstić information content (AvgIpc) is 3.04. The van der Waals surface area contributed by atoms with Gasteiger partial charge < -0.3 is 9.64 Å². The first-order chi connectivity index (χ1) is 11.6. The van der Waals surface area contributed by atoms with E-state index < -0.39 is 0 Å². The molecule has 0 fully saturated rings. The van der Waals surface area contributed by atoms with Crippen LogP contribution in [-0.4, -0.2) is 33.9 Å². The lowest BCUT2D eigenvalue weighted by Gasteiger charge is -2.34. The van der Waals surface area contributed by atoms with Crippen LogP contribution in [0.4, 0.5) is 5.95 Å². The summed E-state index contributed by atoms with van der Waals surface area (Å²) in [6.07, 6.45) is 1.50. The van der Waals surface area contributed by atoms with Gasteiger partial charge in [-0.2, -0.15) is 10.1 Å². The van der Waals surface area contributed by atoms with E-state index in [9.17, 15) is 4.79 Å². The first kappa shape index (κ1) is 16.5. The van der Waals surface area contributed by atoms with Gasteiger partial charge in [0.05, 0.1) is 12.2 Å². The second-order valence-electron chi connectivity index (χ2n) is 5.42. The predicted molar refractivity (Wildman–Crippen MR) is 92.0 cm³/mol. The van der Waals surface area contributed by atoms with Crippen molar-refractivity contribution < 1.29 is 9.53 Å². The summed E-state index contributed by atoms with van der Waals surface area (Å²) >= 11 is 6.01. The molecule has 0 bridgehead atoms. The van der Waals surface area contributed by atoms with E-state index in [4.69, 9.17) is 16.3 Å². The second-order valence-corrected chi connectivity index (χ2v) is 5.86. The Bertz CT molecular complexity index is 782. The lowest BCUT2D eigenvalue weighted by Crippen LogP contribution is -2.36. The fourth-order valence-electron chi connectivity index (χ4n) is 3.03. The number of carbonyl (C=O) groups is 1. The zero-order valence-electron chi connectivity index (χ0n) is 13.9. The van der Waals surface area contributed by atoms with Gasteiger partial charge in [-0.1, -0.05) is 23.7 Å². The van der Waals surface area contributed by atoms with Crippen molar-refractivity contribution in [2.75, 3.05) is 18.1 Å². The van der Waals surface area contributed by atoms with Crippen molar-refractivity contribution in [3.05, 3.63) is 52.4 Å². The van der Waals surface area contributed by atoms with Crippen molar-refractivity contribution in [3.8, 4) is 0 Å². The van der Waals surface area contributed by atoms with E-state index in [-0.39, 0.29) is 12.0 Å². The third-order valence-electron chi connectivity index (χ3n) is 4.11. The standard InChI is InChI=1S/C17H19ClN4O2/c1-4-21-11(3)14(16(23)24-5-2)15(22-17(21)19-10-20-22)12-6-8-13(18)9-7-12/h6-10,15H,4-5H2,1-3H3/t15-/m0/s1. The summed E-state index contributed by atoms with van der Waals surface area (Å²) in [5.41, 5.74) is 2.31. The molecule has 0 amide bonds. The van der Waals surface area contributed by atoms with Crippen LogP contribution in [-0.2, 0) is 9.53 Å². The minimum Gasteiger partial charge on any atom is -0.463 e. The van der Waals surface area contributed by atoms with Gasteiger partial charge in [-0.25, -0.2) is 9.48 Å². The van der Waals surface area contributed by atoms with E-state index >= 15 is 0 Å². The van der Waals surface area contributed by atoms with Gasteiger partial charge in [0.2, 0.25) is 5.95 Å². The lowest BCUT2D eigenvalue weighted by molar-refractivity contribution is -0.139. The van der Waals surface area contributed by atoms with Crippen molar-refractivity contribution >= 4 is 23.5 Å². The van der Waals surface area contributed by atoms with Crippen LogP contribution in [0.1, 0.15) is 32.4 Å². The predicted octanol–water partition coefficient (Wildman–Crippen LogP) is 3.20. The molecule has 7 heteroatoms. The number of fused-ring (bicyclic) bond motifs is 1. The molecule has 3 rings (SSSR count). The molecule has 2 aromatic rings. The van der Waals surface area contributed by atoms with E-state index in [1.165, 1.54) is 6.33 Å². The van der Waals surface area contributed by atoms with E-state index in [0.29, 0.717) is 29.7 Å². The van der Waals surface area contributed by atoms with Gasteiger partial charge in [0.15, 0.2) is 0 Å². The quantitative estimate of drug-likeness (QED) is 0.796. The zero-order valence-corrected chi connectivity index (χ0v) is 14.6. The molecule has 1 aliphatic heterocycles. The maximum Gasteiger partial charge on any atom is 0.338 e. The molecule has 0 N–H and O–H groups in total. The molecule has 0 aliphatic carbocycles. The van der Waals surface area contributed by atoms with Gasteiger partial charge >= 0.3 is 5.97 Å². The number of nitrogens with zero attached hydrogens (tertiary/aromatic N) is 4. The van der Waals surface area contributed by atoms with E-state index in [1.807, 2.05) is 30.9 Å². The van der Waals surface area contributed by atoms with Crippen molar-refractivity contribution in [1.82, 2.24) is 14.8 Å². The number of benzene rings is 1. The molecule has 0 saturated heterocycles. The summed E-state index contributed by atoms with van der Waals surface area (Å²) in [5, 5.41) is 4.99. The van der Waals surface area contributed by atoms with Crippen molar-refractivity contribution in [2.24, 2.45) is 0 Å². The molecule has 0 unspecified atom stereocenters.